The van der Waals surface area contributed by atoms with Gasteiger partial charge in [0.2, 0.25) is 5.88 Å². The van der Waals surface area contributed by atoms with Crippen molar-refractivity contribution in [3.8, 4) is 11.6 Å². The van der Waals surface area contributed by atoms with Gasteiger partial charge in [0, 0.05) is 44.7 Å². The van der Waals surface area contributed by atoms with Gasteiger partial charge in [-0.3, -0.25) is 0 Å². The number of nitrogens with one attached hydrogen (secondary N) is 1. The van der Waals surface area contributed by atoms with E-state index in [9.17, 15) is 0 Å². The first-order chi connectivity index (χ1) is 9.69. The predicted octanol–water partition coefficient (Wildman–Crippen LogP) is 3.05. The van der Waals surface area contributed by atoms with Crippen LogP contribution in [0, 0.1) is 0 Å². The summed E-state index contributed by atoms with van der Waals surface area (Å²) < 4.78 is 5.82. The van der Waals surface area contributed by atoms with Crippen molar-refractivity contribution in [2.45, 2.75) is 13.5 Å². The second kappa shape index (κ2) is 6.91. The normalized spacial score (nSPS) is 10.3. The van der Waals surface area contributed by atoms with Gasteiger partial charge in [0.15, 0.2) is 0 Å². The van der Waals surface area contributed by atoms with Crippen LogP contribution in [0.1, 0.15) is 12.5 Å². The first-order valence-corrected chi connectivity index (χ1v) is 6.80. The van der Waals surface area contributed by atoms with Crippen molar-refractivity contribution >= 4 is 5.69 Å². The van der Waals surface area contributed by atoms with E-state index in [1.54, 1.807) is 6.20 Å². The van der Waals surface area contributed by atoms with E-state index in [1.807, 2.05) is 55.4 Å². The highest BCUT2D eigenvalue weighted by Gasteiger charge is 2.02. The lowest BCUT2D eigenvalue weighted by molar-refractivity contribution is 0.462. The largest absolute Gasteiger partial charge is 0.439 e. The van der Waals surface area contributed by atoms with E-state index in [0.717, 1.165) is 24.5 Å². The Bertz CT molecular complexity index is 555. The maximum Gasteiger partial charge on any atom is 0.219 e. The van der Waals surface area contributed by atoms with Crippen molar-refractivity contribution in [3.63, 3.8) is 0 Å². The molecule has 0 unspecified atom stereocenters. The van der Waals surface area contributed by atoms with Crippen LogP contribution in [0.2, 0.25) is 0 Å². The minimum absolute atomic E-state index is 0.622. The molecule has 0 saturated heterocycles. The van der Waals surface area contributed by atoms with Gasteiger partial charge in [-0.15, -0.1) is 0 Å². The minimum atomic E-state index is 0.622. The molecule has 1 heterocycles. The SMILES string of the molecule is CCNCc1ccnc(Oc2cccc(N(C)C)c2)c1. The van der Waals surface area contributed by atoms with Gasteiger partial charge in [0.05, 0.1) is 0 Å². The molecule has 2 aromatic rings. The van der Waals surface area contributed by atoms with Crippen LogP contribution in [-0.4, -0.2) is 25.6 Å². The van der Waals surface area contributed by atoms with Gasteiger partial charge in [0.1, 0.15) is 5.75 Å². The van der Waals surface area contributed by atoms with Crippen molar-refractivity contribution in [1.82, 2.24) is 10.3 Å². The molecule has 1 N–H and O–H groups in total. The molecule has 0 atom stereocenters. The van der Waals surface area contributed by atoms with Crippen LogP contribution in [0.25, 0.3) is 0 Å². The Morgan fingerprint density at radius 2 is 2.05 bits per heavy atom. The van der Waals surface area contributed by atoms with Crippen molar-refractivity contribution in [1.29, 1.82) is 0 Å². The summed E-state index contributed by atoms with van der Waals surface area (Å²) in [5, 5.41) is 3.29. The monoisotopic (exact) mass is 271 g/mol. The van der Waals surface area contributed by atoms with Gasteiger partial charge in [0.25, 0.3) is 0 Å². The van der Waals surface area contributed by atoms with Crippen molar-refractivity contribution in [2.24, 2.45) is 0 Å². The Morgan fingerprint density at radius 1 is 1.20 bits per heavy atom. The summed E-state index contributed by atoms with van der Waals surface area (Å²) in [4.78, 5) is 6.30. The lowest BCUT2D eigenvalue weighted by atomic mass is 10.2. The zero-order chi connectivity index (χ0) is 14.4. The molecule has 0 spiro atoms. The third kappa shape index (κ3) is 3.96. The maximum atomic E-state index is 5.82. The maximum absolute atomic E-state index is 5.82. The minimum Gasteiger partial charge on any atom is -0.439 e. The van der Waals surface area contributed by atoms with E-state index in [0.29, 0.717) is 5.88 Å². The molecule has 0 aliphatic carbocycles. The molecule has 0 fully saturated rings. The van der Waals surface area contributed by atoms with Crippen LogP contribution in [0.3, 0.4) is 0 Å². The molecule has 0 radical (unpaired) electrons. The number of anilines is 1. The van der Waals surface area contributed by atoms with Crippen molar-refractivity contribution in [2.75, 3.05) is 25.5 Å². The van der Waals surface area contributed by atoms with Crippen molar-refractivity contribution < 1.29 is 4.74 Å². The average Bonchev–Trinajstić information content (AvgIpc) is 2.46. The fourth-order valence-corrected chi connectivity index (χ4v) is 1.83. The highest BCUT2D eigenvalue weighted by molar-refractivity contribution is 5.50. The Balaban J connectivity index is 2.11. The standard InChI is InChI=1S/C16H21N3O/c1-4-17-12-13-8-9-18-16(10-13)20-15-7-5-6-14(11-15)19(2)3/h5-11,17H,4,12H2,1-3H3. The molecular formula is C16H21N3O. The van der Waals surface area contributed by atoms with Gasteiger partial charge in [-0.2, -0.15) is 0 Å². The van der Waals surface area contributed by atoms with Gasteiger partial charge >= 0.3 is 0 Å². The summed E-state index contributed by atoms with van der Waals surface area (Å²) >= 11 is 0. The summed E-state index contributed by atoms with van der Waals surface area (Å²) in [6.45, 7) is 3.86. The predicted molar refractivity (Wildman–Crippen MR) is 82.5 cm³/mol. The van der Waals surface area contributed by atoms with Crippen LogP contribution in [0.5, 0.6) is 11.6 Å². The Labute approximate surface area is 120 Å². The third-order valence-corrected chi connectivity index (χ3v) is 2.93. The van der Waals surface area contributed by atoms with Gasteiger partial charge in [-0.1, -0.05) is 13.0 Å². The first kappa shape index (κ1) is 14.3. The van der Waals surface area contributed by atoms with Gasteiger partial charge < -0.3 is 15.0 Å². The average molecular weight is 271 g/mol. The van der Waals surface area contributed by atoms with Crippen LogP contribution in [-0.2, 0) is 6.54 Å². The van der Waals surface area contributed by atoms with E-state index >= 15 is 0 Å². The van der Waals surface area contributed by atoms with Crippen molar-refractivity contribution in [3.05, 3.63) is 48.2 Å². The quantitative estimate of drug-likeness (QED) is 0.876. The van der Waals surface area contributed by atoms with E-state index in [-0.39, 0.29) is 0 Å². The molecular weight excluding hydrogens is 250 g/mol. The van der Waals surface area contributed by atoms with Crippen LogP contribution in [0.4, 0.5) is 5.69 Å². The molecule has 0 saturated carbocycles. The second-order valence-corrected chi connectivity index (χ2v) is 4.78. The highest BCUT2D eigenvalue weighted by atomic mass is 16.5. The first-order valence-electron chi connectivity index (χ1n) is 6.80. The fraction of sp³-hybridized carbons (Fsp3) is 0.312. The summed E-state index contributed by atoms with van der Waals surface area (Å²) in [7, 11) is 4.02. The molecule has 106 valence electrons. The molecule has 0 amide bonds. The van der Waals surface area contributed by atoms with Gasteiger partial charge in [-0.05, 0) is 30.3 Å². The summed E-state index contributed by atoms with van der Waals surface area (Å²) in [5.74, 6) is 1.42. The Kier molecular flexibility index (Phi) is 4.96. The highest BCUT2D eigenvalue weighted by Crippen LogP contribution is 2.24. The molecule has 4 heteroatoms. The number of ether oxygens (including phenoxy) is 1. The fourth-order valence-electron chi connectivity index (χ4n) is 1.83. The number of nitrogens with zero attached hydrogens (tertiary/aromatic N) is 2. The molecule has 20 heavy (non-hydrogen) atoms. The molecule has 2 rings (SSSR count). The van der Waals surface area contributed by atoms with Gasteiger partial charge in [-0.25, -0.2) is 4.98 Å². The van der Waals surface area contributed by atoms with E-state index in [4.69, 9.17) is 4.74 Å². The second-order valence-electron chi connectivity index (χ2n) is 4.78. The molecule has 0 aliphatic heterocycles. The van der Waals surface area contributed by atoms with E-state index in [2.05, 4.69) is 17.2 Å². The van der Waals surface area contributed by atoms with Crippen LogP contribution < -0.4 is 15.0 Å². The van der Waals surface area contributed by atoms with E-state index in [1.165, 1.54) is 5.56 Å². The number of rotatable bonds is 6. The van der Waals surface area contributed by atoms with Crippen LogP contribution in [0.15, 0.2) is 42.6 Å². The molecule has 1 aromatic heterocycles. The Morgan fingerprint density at radius 3 is 2.80 bits per heavy atom. The number of hydrogen-bond acceptors (Lipinski definition) is 4. The molecule has 4 nitrogen and oxygen atoms in total. The summed E-state index contributed by atoms with van der Waals surface area (Å²) in [5.41, 5.74) is 2.27. The zero-order valence-corrected chi connectivity index (χ0v) is 12.3. The number of hydrogen-bond donors (Lipinski definition) is 1. The topological polar surface area (TPSA) is 37.4 Å². The zero-order valence-electron chi connectivity index (χ0n) is 12.3. The number of pyridine rings is 1. The Hall–Kier alpha value is -2.07. The molecule has 0 bridgehead atoms. The third-order valence-electron chi connectivity index (χ3n) is 2.93. The number of aromatic nitrogens is 1. The lowest BCUT2D eigenvalue weighted by Gasteiger charge is -2.13. The molecule has 1 aromatic carbocycles. The summed E-state index contributed by atoms with van der Waals surface area (Å²) in [6, 6.07) is 11.9. The molecule has 0 aliphatic rings. The lowest BCUT2D eigenvalue weighted by Crippen LogP contribution is -2.11. The van der Waals surface area contributed by atoms with E-state index < -0.39 is 0 Å². The number of benzene rings is 1. The summed E-state index contributed by atoms with van der Waals surface area (Å²) in [6.07, 6.45) is 1.78. The smallest absolute Gasteiger partial charge is 0.219 e. The van der Waals surface area contributed by atoms with Crippen LogP contribution >= 0.6 is 0 Å².